The van der Waals surface area contributed by atoms with Crippen molar-refractivity contribution in [2.24, 2.45) is 0 Å². The zero-order valence-electron chi connectivity index (χ0n) is 9.15. The lowest BCUT2D eigenvalue weighted by Gasteiger charge is -2.07. The van der Waals surface area contributed by atoms with Gasteiger partial charge in [-0.05, 0) is 40.5 Å². The van der Waals surface area contributed by atoms with Crippen LogP contribution in [0.4, 0.5) is 4.39 Å². The van der Waals surface area contributed by atoms with Gasteiger partial charge in [-0.15, -0.1) is 0 Å². The average molecular weight is 297 g/mol. The zero-order chi connectivity index (χ0) is 12.3. The summed E-state index contributed by atoms with van der Waals surface area (Å²) in [5.74, 6) is 0.650. The largest absolute Gasteiger partial charge is 0.438 e. The fraction of sp³-hybridized carbons (Fsp3) is 0.167. The Labute approximate surface area is 107 Å². The molecular formula is C12H10BrFN2O. The number of halogens is 2. The Kier molecular flexibility index (Phi) is 3.68. The van der Waals surface area contributed by atoms with Crippen LogP contribution in [0, 0.1) is 5.82 Å². The van der Waals surface area contributed by atoms with Crippen molar-refractivity contribution in [1.82, 2.24) is 9.97 Å². The second-order valence-electron chi connectivity index (χ2n) is 3.38. The molecule has 0 aliphatic heterocycles. The molecular weight excluding hydrogens is 287 g/mol. The number of hydrogen-bond acceptors (Lipinski definition) is 3. The molecule has 88 valence electrons. The molecule has 0 N–H and O–H groups in total. The Morgan fingerprint density at radius 2 is 2.12 bits per heavy atom. The van der Waals surface area contributed by atoms with Crippen LogP contribution in [-0.2, 0) is 6.42 Å². The molecule has 2 aromatic rings. The molecule has 0 saturated carbocycles. The topological polar surface area (TPSA) is 35.0 Å². The number of ether oxygens (including phenoxy) is 1. The van der Waals surface area contributed by atoms with E-state index in [0.717, 1.165) is 12.1 Å². The number of rotatable bonds is 3. The first-order valence-corrected chi connectivity index (χ1v) is 5.92. The molecule has 2 rings (SSSR count). The highest BCUT2D eigenvalue weighted by Crippen LogP contribution is 2.29. The van der Waals surface area contributed by atoms with E-state index in [0.29, 0.717) is 16.1 Å². The molecule has 0 aliphatic carbocycles. The van der Waals surface area contributed by atoms with Gasteiger partial charge in [-0.3, -0.25) is 0 Å². The van der Waals surface area contributed by atoms with E-state index >= 15 is 0 Å². The summed E-state index contributed by atoms with van der Waals surface area (Å²) in [5.41, 5.74) is 0.897. The number of aromatic nitrogens is 2. The summed E-state index contributed by atoms with van der Waals surface area (Å²) < 4.78 is 19.0. The van der Waals surface area contributed by atoms with Crippen molar-refractivity contribution in [2.45, 2.75) is 13.3 Å². The molecule has 5 heteroatoms. The Bertz CT molecular complexity index is 534. The monoisotopic (exact) mass is 296 g/mol. The third-order valence-electron chi connectivity index (χ3n) is 2.17. The van der Waals surface area contributed by atoms with Gasteiger partial charge in [0.1, 0.15) is 17.9 Å². The van der Waals surface area contributed by atoms with Crippen molar-refractivity contribution in [3.63, 3.8) is 0 Å². The second-order valence-corrected chi connectivity index (χ2v) is 4.23. The standard InChI is InChI=1S/C12H10BrFN2O/c1-2-9-6-12(16-7-15-9)17-11-4-3-8(14)5-10(11)13/h3-7H,2H2,1H3. The summed E-state index contributed by atoms with van der Waals surface area (Å²) in [7, 11) is 0. The molecule has 0 saturated heterocycles. The van der Waals surface area contributed by atoms with Crippen LogP contribution in [0.1, 0.15) is 12.6 Å². The van der Waals surface area contributed by atoms with Crippen molar-refractivity contribution in [3.8, 4) is 11.6 Å². The molecule has 1 aromatic heterocycles. The van der Waals surface area contributed by atoms with Gasteiger partial charge < -0.3 is 4.74 Å². The van der Waals surface area contributed by atoms with Crippen LogP contribution in [-0.4, -0.2) is 9.97 Å². The molecule has 3 nitrogen and oxygen atoms in total. The minimum Gasteiger partial charge on any atom is -0.438 e. The summed E-state index contributed by atoms with van der Waals surface area (Å²) in [4.78, 5) is 8.07. The Morgan fingerprint density at radius 3 is 2.82 bits per heavy atom. The highest BCUT2D eigenvalue weighted by Gasteiger charge is 2.05. The van der Waals surface area contributed by atoms with Crippen LogP contribution >= 0.6 is 15.9 Å². The number of hydrogen-bond donors (Lipinski definition) is 0. The molecule has 0 fully saturated rings. The molecule has 0 spiro atoms. The van der Waals surface area contributed by atoms with Crippen molar-refractivity contribution in [3.05, 3.63) is 46.6 Å². The molecule has 1 heterocycles. The Balaban J connectivity index is 2.25. The van der Waals surface area contributed by atoms with Crippen LogP contribution in [0.5, 0.6) is 11.6 Å². The van der Waals surface area contributed by atoms with Gasteiger partial charge in [-0.1, -0.05) is 6.92 Å². The summed E-state index contributed by atoms with van der Waals surface area (Å²) in [6, 6.07) is 5.99. The summed E-state index contributed by atoms with van der Waals surface area (Å²) >= 11 is 3.23. The predicted molar refractivity (Wildman–Crippen MR) is 65.6 cm³/mol. The first-order chi connectivity index (χ1) is 8.19. The fourth-order valence-electron chi connectivity index (χ4n) is 1.30. The molecule has 0 aliphatic rings. The number of aryl methyl sites for hydroxylation is 1. The summed E-state index contributed by atoms with van der Waals surface area (Å²) in [6.45, 7) is 2.00. The smallest absolute Gasteiger partial charge is 0.222 e. The van der Waals surface area contributed by atoms with E-state index in [4.69, 9.17) is 4.74 Å². The molecule has 0 unspecified atom stereocenters. The Hall–Kier alpha value is -1.49. The first kappa shape index (κ1) is 12.0. The fourth-order valence-corrected chi connectivity index (χ4v) is 1.73. The molecule has 0 amide bonds. The van der Waals surface area contributed by atoms with E-state index in [-0.39, 0.29) is 5.82 Å². The quantitative estimate of drug-likeness (QED) is 0.865. The Morgan fingerprint density at radius 1 is 1.29 bits per heavy atom. The van der Waals surface area contributed by atoms with Crippen molar-refractivity contribution >= 4 is 15.9 Å². The van der Waals surface area contributed by atoms with Crippen LogP contribution in [0.15, 0.2) is 35.1 Å². The van der Waals surface area contributed by atoms with Crippen LogP contribution in [0.3, 0.4) is 0 Å². The number of nitrogens with zero attached hydrogens (tertiary/aromatic N) is 2. The minimum atomic E-state index is -0.318. The van der Waals surface area contributed by atoms with Gasteiger partial charge in [0.25, 0.3) is 0 Å². The van der Waals surface area contributed by atoms with Gasteiger partial charge >= 0.3 is 0 Å². The van der Waals surface area contributed by atoms with Crippen LogP contribution in [0.2, 0.25) is 0 Å². The van der Waals surface area contributed by atoms with E-state index in [9.17, 15) is 4.39 Å². The van der Waals surface area contributed by atoms with Gasteiger partial charge in [0.05, 0.1) is 4.47 Å². The van der Waals surface area contributed by atoms with E-state index in [2.05, 4.69) is 25.9 Å². The van der Waals surface area contributed by atoms with Crippen LogP contribution in [0.25, 0.3) is 0 Å². The van der Waals surface area contributed by atoms with E-state index in [1.165, 1.54) is 18.5 Å². The van der Waals surface area contributed by atoms with Gasteiger partial charge in [0.2, 0.25) is 5.88 Å². The maximum atomic E-state index is 12.9. The molecule has 0 atom stereocenters. The first-order valence-electron chi connectivity index (χ1n) is 5.13. The SMILES string of the molecule is CCc1cc(Oc2ccc(F)cc2Br)ncn1. The number of benzene rings is 1. The van der Waals surface area contributed by atoms with Crippen molar-refractivity contribution < 1.29 is 9.13 Å². The lowest BCUT2D eigenvalue weighted by Crippen LogP contribution is -1.93. The van der Waals surface area contributed by atoms with Crippen LogP contribution < -0.4 is 4.74 Å². The summed E-state index contributed by atoms with van der Waals surface area (Å²) in [6.07, 6.45) is 2.26. The van der Waals surface area contributed by atoms with Gasteiger partial charge in [0.15, 0.2) is 0 Å². The summed E-state index contributed by atoms with van der Waals surface area (Å²) in [5, 5.41) is 0. The maximum absolute atomic E-state index is 12.9. The molecule has 17 heavy (non-hydrogen) atoms. The third-order valence-corrected chi connectivity index (χ3v) is 2.79. The lowest BCUT2D eigenvalue weighted by molar-refractivity contribution is 0.455. The van der Waals surface area contributed by atoms with E-state index < -0.39 is 0 Å². The normalized spacial score (nSPS) is 10.3. The van der Waals surface area contributed by atoms with Crippen molar-refractivity contribution in [1.29, 1.82) is 0 Å². The van der Waals surface area contributed by atoms with Crippen molar-refractivity contribution in [2.75, 3.05) is 0 Å². The maximum Gasteiger partial charge on any atom is 0.222 e. The highest BCUT2D eigenvalue weighted by atomic mass is 79.9. The highest BCUT2D eigenvalue weighted by molar-refractivity contribution is 9.10. The van der Waals surface area contributed by atoms with Gasteiger partial charge in [-0.25, -0.2) is 14.4 Å². The second kappa shape index (κ2) is 5.23. The van der Waals surface area contributed by atoms with E-state index in [1.807, 2.05) is 6.92 Å². The average Bonchev–Trinajstić information content (AvgIpc) is 2.33. The molecule has 0 bridgehead atoms. The predicted octanol–water partition coefficient (Wildman–Crippen LogP) is 3.73. The minimum absolute atomic E-state index is 0.318. The van der Waals surface area contributed by atoms with E-state index in [1.54, 1.807) is 12.1 Å². The molecule has 0 radical (unpaired) electrons. The third kappa shape index (κ3) is 3.00. The zero-order valence-corrected chi connectivity index (χ0v) is 10.7. The van der Waals surface area contributed by atoms with Gasteiger partial charge in [0, 0.05) is 11.8 Å². The lowest BCUT2D eigenvalue weighted by atomic mass is 10.3. The van der Waals surface area contributed by atoms with Gasteiger partial charge in [-0.2, -0.15) is 0 Å². The molecule has 1 aromatic carbocycles.